The maximum atomic E-state index is 11.8. The number of nitro benzene ring substituents is 1. The molecule has 0 fully saturated rings. The Labute approximate surface area is 115 Å². The number of carbonyl (C=O) groups excluding carboxylic acids is 1. The standard InChI is InChI=1S/C11H7N3O5S/c15-10(8-4-20-5-12-8)13-7-2-1-6(11(16)17)3-9(7)14(18)19/h1-5H,(H,13,15)(H,16,17). The van der Waals surface area contributed by atoms with Crippen LogP contribution < -0.4 is 5.32 Å². The highest BCUT2D eigenvalue weighted by atomic mass is 32.1. The molecule has 1 amide bonds. The molecule has 0 radical (unpaired) electrons. The highest BCUT2D eigenvalue weighted by Gasteiger charge is 2.19. The zero-order valence-corrected chi connectivity index (χ0v) is 10.6. The van der Waals surface area contributed by atoms with Crippen molar-refractivity contribution in [1.29, 1.82) is 0 Å². The van der Waals surface area contributed by atoms with Gasteiger partial charge in [0.25, 0.3) is 11.6 Å². The zero-order valence-electron chi connectivity index (χ0n) is 9.77. The number of hydrogen-bond donors (Lipinski definition) is 2. The van der Waals surface area contributed by atoms with E-state index in [0.29, 0.717) is 0 Å². The van der Waals surface area contributed by atoms with Gasteiger partial charge in [-0.15, -0.1) is 11.3 Å². The molecule has 0 spiro atoms. The maximum absolute atomic E-state index is 11.8. The molecule has 0 aliphatic heterocycles. The summed E-state index contributed by atoms with van der Waals surface area (Å²) in [6.45, 7) is 0. The van der Waals surface area contributed by atoms with Crippen molar-refractivity contribution in [3.05, 3.63) is 50.5 Å². The minimum absolute atomic E-state index is 0.0852. The van der Waals surface area contributed by atoms with Crippen LogP contribution in [0.4, 0.5) is 11.4 Å². The Hall–Kier alpha value is -2.81. The second-order valence-corrected chi connectivity index (χ2v) is 4.34. The molecule has 0 atom stereocenters. The van der Waals surface area contributed by atoms with E-state index < -0.39 is 22.5 Å². The van der Waals surface area contributed by atoms with Crippen molar-refractivity contribution in [2.24, 2.45) is 0 Å². The van der Waals surface area contributed by atoms with Gasteiger partial charge in [0.15, 0.2) is 0 Å². The summed E-state index contributed by atoms with van der Waals surface area (Å²) in [5.41, 5.74) is 0.776. The Kier molecular flexibility index (Phi) is 3.71. The average molecular weight is 293 g/mol. The van der Waals surface area contributed by atoms with Gasteiger partial charge in [0.05, 0.1) is 16.0 Å². The molecule has 1 heterocycles. The molecular weight excluding hydrogens is 286 g/mol. The quantitative estimate of drug-likeness (QED) is 0.656. The molecule has 0 saturated heterocycles. The number of carboxylic acid groups (broad SMARTS) is 1. The summed E-state index contributed by atoms with van der Waals surface area (Å²) < 4.78 is 0. The van der Waals surface area contributed by atoms with E-state index in [4.69, 9.17) is 5.11 Å². The van der Waals surface area contributed by atoms with Crippen LogP contribution in [0.3, 0.4) is 0 Å². The van der Waals surface area contributed by atoms with Crippen LogP contribution in [0.2, 0.25) is 0 Å². The molecule has 1 aromatic carbocycles. The fraction of sp³-hybridized carbons (Fsp3) is 0. The minimum atomic E-state index is -1.29. The van der Waals surface area contributed by atoms with Gasteiger partial charge < -0.3 is 10.4 Å². The van der Waals surface area contributed by atoms with Crippen molar-refractivity contribution in [3.8, 4) is 0 Å². The van der Waals surface area contributed by atoms with Gasteiger partial charge in [-0.2, -0.15) is 0 Å². The van der Waals surface area contributed by atoms with Crippen molar-refractivity contribution < 1.29 is 19.6 Å². The summed E-state index contributed by atoms with van der Waals surface area (Å²) in [6, 6.07) is 3.23. The van der Waals surface area contributed by atoms with Gasteiger partial charge in [0.1, 0.15) is 11.4 Å². The SMILES string of the molecule is O=C(O)c1ccc(NC(=O)c2cscn2)c([N+](=O)[O-])c1. The molecule has 1 aromatic heterocycles. The number of amides is 1. The fourth-order valence-corrected chi connectivity index (χ4v) is 1.96. The number of nitro groups is 1. The van der Waals surface area contributed by atoms with Gasteiger partial charge in [-0.25, -0.2) is 9.78 Å². The number of hydrogen-bond acceptors (Lipinski definition) is 6. The van der Waals surface area contributed by atoms with Gasteiger partial charge in [0.2, 0.25) is 0 Å². The predicted octanol–water partition coefficient (Wildman–Crippen LogP) is 2.00. The van der Waals surface area contributed by atoms with Crippen molar-refractivity contribution >= 4 is 34.6 Å². The molecule has 0 unspecified atom stereocenters. The van der Waals surface area contributed by atoms with Crippen LogP contribution in [0.1, 0.15) is 20.8 Å². The molecule has 0 aliphatic rings. The third-order valence-electron chi connectivity index (χ3n) is 2.35. The van der Waals surface area contributed by atoms with Gasteiger partial charge in [-0.05, 0) is 12.1 Å². The average Bonchev–Trinajstić information content (AvgIpc) is 2.92. The lowest BCUT2D eigenvalue weighted by Crippen LogP contribution is -2.13. The summed E-state index contributed by atoms with van der Waals surface area (Å²) in [5.74, 6) is -1.89. The number of aromatic carboxylic acids is 1. The zero-order chi connectivity index (χ0) is 14.7. The summed E-state index contributed by atoms with van der Waals surface area (Å²) in [7, 11) is 0. The van der Waals surface area contributed by atoms with Crippen LogP contribution in [-0.4, -0.2) is 26.9 Å². The first kappa shape index (κ1) is 13.6. The van der Waals surface area contributed by atoms with E-state index in [-0.39, 0.29) is 16.9 Å². The van der Waals surface area contributed by atoms with Crippen LogP contribution in [0.15, 0.2) is 29.1 Å². The van der Waals surface area contributed by atoms with E-state index in [9.17, 15) is 19.7 Å². The lowest BCUT2D eigenvalue weighted by Gasteiger charge is -2.05. The van der Waals surface area contributed by atoms with E-state index in [1.165, 1.54) is 34.4 Å². The highest BCUT2D eigenvalue weighted by molar-refractivity contribution is 7.07. The number of benzene rings is 1. The Morgan fingerprint density at radius 3 is 2.70 bits per heavy atom. The first-order chi connectivity index (χ1) is 9.49. The third kappa shape index (κ3) is 2.78. The molecule has 0 saturated carbocycles. The van der Waals surface area contributed by atoms with E-state index in [1.54, 1.807) is 0 Å². The number of anilines is 1. The number of nitrogens with one attached hydrogen (secondary N) is 1. The second kappa shape index (κ2) is 5.45. The van der Waals surface area contributed by atoms with Crippen LogP contribution in [0.5, 0.6) is 0 Å². The molecule has 0 aliphatic carbocycles. The summed E-state index contributed by atoms with van der Waals surface area (Å²) in [6.07, 6.45) is 0. The molecule has 9 heteroatoms. The Balaban J connectivity index is 2.34. The third-order valence-corrected chi connectivity index (χ3v) is 2.94. The van der Waals surface area contributed by atoms with Gasteiger partial charge in [-0.3, -0.25) is 14.9 Å². The van der Waals surface area contributed by atoms with Crippen LogP contribution in [-0.2, 0) is 0 Å². The first-order valence-corrected chi connectivity index (χ1v) is 6.14. The van der Waals surface area contributed by atoms with Gasteiger partial charge in [0, 0.05) is 11.4 Å². The summed E-state index contributed by atoms with van der Waals surface area (Å²) >= 11 is 1.21. The topological polar surface area (TPSA) is 122 Å². The molecular formula is C11H7N3O5S. The molecule has 0 bridgehead atoms. The lowest BCUT2D eigenvalue weighted by atomic mass is 10.1. The van der Waals surface area contributed by atoms with Crippen molar-refractivity contribution in [2.45, 2.75) is 0 Å². The maximum Gasteiger partial charge on any atom is 0.335 e. The highest BCUT2D eigenvalue weighted by Crippen LogP contribution is 2.26. The summed E-state index contributed by atoms with van der Waals surface area (Å²) in [5, 5.41) is 23.5. The van der Waals surface area contributed by atoms with Crippen LogP contribution in [0, 0.1) is 10.1 Å². The minimum Gasteiger partial charge on any atom is -0.478 e. The molecule has 2 rings (SSSR count). The van der Waals surface area contributed by atoms with E-state index in [0.717, 1.165) is 6.07 Å². The normalized spacial score (nSPS) is 10.0. The van der Waals surface area contributed by atoms with Gasteiger partial charge in [-0.1, -0.05) is 0 Å². The lowest BCUT2D eigenvalue weighted by molar-refractivity contribution is -0.383. The number of aromatic nitrogens is 1. The van der Waals surface area contributed by atoms with Crippen LogP contribution >= 0.6 is 11.3 Å². The number of carbonyl (C=O) groups is 2. The molecule has 2 N–H and O–H groups in total. The number of rotatable bonds is 4. The van der Waals surface area contributed by atoms with Gasteiger partial charge >= 0.3 is 5.97 Å². The second-order valence-electron chi connectivity index (χ2n) is 3.62. The van der Waals surface area contributed by atoms with Crippen molar-refractivity contribution in [3.63, 3.8) is 0 Å². The van der Waals surface area contributed by atoms with Crippen molar-refractivity contribution in [2.75, 3.05) is 5.32 Å². The number of nitrogens with zero attached hydrogens (tertiary/aromatic N) is 2. The summed E-state index contributed by atoms with van der Waals surface area (Å²) in [4.78, 5) is 36.5. The fourth-order valence-electron chi connectivity index (χ4n) is 1.43. The van der Waals surface area contributed by atoms with E-state index in [1.807, 2.05) is 0 Å². The van der Waals surface area contributed by atoms with Crippen molar-refractivity contribution in [1.82, 2.24) is 4.98 Å². The molecule has 8 nitrogen and oxygen atoms in total. The number of carboxylic acids is 1. The predicted molar refractivity (Wildman–Crippen MR) is 70.1 cm³/mol. The first-order valence-electron chi connectivity index (χ1n) is 5.20. The van der Waals surface area contributed by atoms with E-state index in [2.05, 4.69) is 10.3 Å². The Morgan fingerprint density at radius 2 is 2.15 bits per heavy atom. The Morgan fingerprint density at radius 1 is 1.40 bits per heavy atom. The van der Waals surface area contributed by atoms with Crippen LogP contribution in [0.25, 0.3) is 0 Å². The molecule has 20 heavy (non-hydrogen) atoms. The number of thiazole rings is 1. The Bertz CT molecular complexity index is 683. The smallest absolute Gasteiger partial charge is 0.335 e. The largest absolute Gasteiger partial charge is 0.478 e. The molecule has 102 valence electrons. The monoisotopic (exact) mass is 293 g/mol. The molecule has 2 aromatic rings. The van der Waals surface area contributed by atoms with E-state index >= 15 is 0 Å².